The van der Waals surface area contributed by atoms with Crippen molar-refractivity contribution in [2.75, 3.05) is 14.1 Å². The maximum absolute atomic E-state index is 13.7. The number of benzene rings is 1. The number of nitrogens with one attached hydrogen (secondary N) is 1. The van der Waals surface area contributed by atoms with Gasteiger partial charge >= 0.3 is 0 Å². The molecule has 1 aromatic rings. The fraction of sp³-hybridized carbons (Fsp3) is 0.462. The number of amides is 1. The van der Waals surface area contributed by atoms with Gasteiger partial charge in [-0.15, -0.1) is 0 Å². The fourth-order valence-corrected chi connectivity index (χ4v) is 5.69. The van der Waals surface area contributed by atoms with E-state index >= 15 is 0 Å². The van der Waals surface area contributed by atoms with Crippen molar-refractivity contribution >= 4 is 23.7 Å². The SMILES string of the molecule is CN(C)[C@@H]1C(O)=C(C(N)=O)C(=O)[C@@]2(O)C(O)=C3C(=O)c4c(O)ccc(/C=N/NC(C)(C)C)c4C[C@H]3C[C@@H]12. The Balaban J connectivity index is 1.89. The zero-order chi connectivity index (χ0) is 27.6. The van der Waals surface area contributed by atoms with E-state index in [4.69, 9.17) is 5.73 Å². The molecular formula is C26H32N4O7. The summed E-state index contributed by atoms with van der Waals surface area (Å²) in [4.78, 5) is 40.5. The molecule has 1 aromatic carbocycles. The molecule has 0 saturated heterocycles. The van der Waals surface area contributed by atoms with Crippen LogP contribution in [0.15, 0.2) is 39.9 Å². The molecule has 0 saturated carbocycles. The lowest BCUT2D eigenvalue weighted by Gasteiger charge is -2.50. The highest BCUT2D eigenvalue weighted by molar-refractivity contribution is 6.24. The Morgan fingerprint density at radius 3 is 2.43 bits per heavy atom. The highest BCUT2D eigenvalue weighted by Gasteiger charge is 2.63. The molecule has 0 radical (unpaired) electrons. The average Bonchev–Trinajstić information content (AvgIpc) is 2.76. The molecule has 3 aliphatic carbocycles. The van der Waals surface area contributed by atoms with Crippen LogP contribution in [-0.4, -0.2) is 80.3 Å². The summed E-state index contributed by atoms with van der Waals surface area (Å²) in [6.07, 6.45) is 1.77. The molecule has 0 aliphatic heterocycles. The Labute approximate surface area is 214 Å². The largest absolute Gasteiger partial charge is 0.510 e. The minimum Gasteiger partial charge on any atom is -0.510 e. The van der Waals surface area contributed by atoms with Crippen LogP contribution < -0.4 is 11.2 Å². The third kappa shape index (κ3) is 3.98. The van der Waals surface area contributed by atoms with Gasteiger partial charge in [0.1, 0.15) is 22.8 Å². The first kappa shape index (κ1) is 26.4. The number of ketones is 2. The van der Waals surface area contributed by atoms with Crippen LogP contribution >= 0.6 is 0 Å². The zero-order valence-corrected chi connectivity index (χ0v) is 21.4. The lowest BCUT2D eigenvalue weighted by Crippen LogP contribution is -2.63. The number of nitrogens with zero attached hydrogens (tertiary/aromatic N) is 2. The van der Waals surface area contributed by atoms with Gasteiger partial charge in [0.25, 0.3) is 5.91 Å². The predicted molar refractivity (Wildman–Crippen MR) is 134 cm³/mol. The lowest BCUT2D eigenvalue weighted by molar-refractivity contribution is -0.148. The molecule has 0 unspecified atom stereocenters. The van der Waals surface area contributed by atoms with Crippen molar-refractivity contribution in [1.29, 1.82) is 0 Å². The van der Waals surface area contributed by atoms with E-state index in [9.17, 15) is 34.8 Å². The highest BCUT2D eigenvalue weighted by atomic mass is 16.3. The molecule has 37 heavy (non-hydrogen) atoms. The minimum absolute atomic E-state index is 0.0260. The van der Waals surface area contributed by atoms with Crippen molar-refractivity contribution in [2.24, 2.45) is 22.7 Å². The summed E-state index contributed by atoms with van der Waals surface area (Å²) in [5, 5.41) is 48.6. The van der Waals surface area contributed by atoms with Crippen molar-refractivity contribution in [3.63, 3.8) is 0 Å². The Bertz CT molecular complexity index is 1300. The van der Waals surface area contributed by atoms with E-state index in [1.54, 1.807) is 26.4 Å². The first-order valence-corrected chi connectivity index (χ1v) is 11.9. The van der Waals surface area contributed by atoms with Gasteiger partial charge in [-0.2, -0.15) is 5.10 Å². The smallest absolute Gasteiger partial charge is 0.255 e. The van der Waals surface area contributed by atoms with Crippen LogP contribution in [0.5, 0.6) is 5.75 Å². The molecule has 0 heterocycles. The quantitative estimate of drug-likeness (QED) is 0.193. The first-order valence-electron chi connectivity index (χ1n) is 11.9. The van der Waals surface area contributed by atoms with E-state index in [-0.39, 0.29) is 35.3 Å². The summed E-state index contributed by atoms with van der Waals surface area (Å²) in [6, 6.07) is 1.93. The van der Waals surface area contributed by atoms with Gasteiger partial charge in [0.15, 0.2) is 11.4 Å². The van der Waals surface area contributed by atoms with Crippen LogP contribution in [0.25, 0.3) is 0 Å². The number of aromatic hydroxyl groups is 1. The molecule has 0 spiro atoms. The number of carbonyl (C=O) groups is 3. The lowest BCUT2D eigenvalue weighted by atomic mass is 9.58. The number of hydrogen-bond acceptors (Lipinski definition) is 10. The van der Waals surface area contributed by atoms with Crippen molar-refractivity contribution < 1.29 is 34.8 Å². The second-order valence-corrected chi connectivity index (χ2v) is 11.1. The predicted octanol–water partition coefficient (Wildman–Crippen LogP) is 0.843. The fourth-order valence-electron chi connectivity index (χ4n) is 5.69. The molecule has 4 rings (SSSR count). The minimum atomic E-state index is -2.66. The summed E-state index contributed by atoms with van der Waals surface area (Å²) in [7, 11) is 3.17. The van der Waals surface area contributed by atoms with E-state index < -0.39 is 58.0 Å². The van der Waals surface area contributed by atoms with E-state index in [1.807, 2.05) is 20.8 Å². The van der Waals surface area contributed by atoms with E-state index in [2.05, 4.69) is 10.5 Å². The number of fused-ring (bicyclic) bond motifs is 3. The topological polar surface area (TPSA) is 186 Å². The second kappa shape index (κ2) is 8.70. The number of carbonyl (C=O) groups excluding carboxylic acids is 3. The average molecular weight is 513 g/mol. The van der Waals surface area contributed by atoms with Crippen molar-refractivity contribution in [1.82, 2.24) is 10.3 Å². The number of hydrazone groups is 1. The molecule has 3 aliphatic rings. The summed E-state index contributed by atoms with van der Waals surface area (Å²) in [6.45, 7) is 5.80. The molecule has 11 heteroatoms. The first-order chi connectivity index (χ1) is 17.1. The van der Waals surface area contributed by atoms with Gasteiger partial charge in [-0.05, 0) is 76.9 Å². The Morgan fingerprint density at radius 2 is 1.86 bits per heavy atom. The molecule has 7 N–H and O–H groups in total. The number of aliphatic hydroxyl groups excluding tert-OH is 2. The number of aliphatic hydroxyl groups is 3. The molecule has 0 aromatic heterocycles. The summed E-state index contributed by atoms with van der Waals surface area (Å²) < 4.78 is 0. The van der Waals surface area contributed by atoms with E-state index in [1.165, 1.54) is 11.0 Å². The third-order valence-electron chi connectivity index (χ3n) is 7.25. The number of likely N-dealkylation sites (N-methyl/N-ethyl adjacent to an activating group) is 1. The van der Waals surface area contributed by atoms with Crippen LogP contribution in [0.3, 0.4) is 0 Å². The van der Waals surface area contributed by atoms with Gasteiger partial charge < -0.3 is 31.6 Å². The van der Waals surface area contributed by atoms with Crippen LogP contribution in [0, 0.1) is 11.8 Å². The Morgan fingerprint density at radius 1 is 1.22 bits per heavy atom. The van der Waals surface area contributed by atoms with Crippen LogP contribution in [0.2, 0.25) is 0 Å². The van der Waals surface area contributed by atoms with Gasteiger partial charge in [-0.3, -0.25) is 19.3 Å². The van der Waals surface area contributed by atoms with Crippen LogP contribution in [0.1, 0.15) is 48.7 Å². The summed E-state index contributed by atoms with van der Waals surface area (Å²) in [5.41, 5.74) is 5.37. The van der Waals surface area contributed by atoms with Gasteiger partial charge in [0, 0.05) is 17.0 Å². The van der Waals surface area contributed by atoms with Crippen LogP contribution in [-0.2, 0) is 16.0 Å². The number of hydrogen-bond donors (Lipinski definition) is 6. The molecule has 11 nitrogen and oxygen atoms in total. The number of phenols is 1. The standard InChI is InChI=1S/C26H32N4O7/c1-25(2,3)29-28-10-11-6-7-15(31)17-13(11)8-12-9-14-19(30(4)5)21(33)18(24(27)36)23(35)26(14,37)22(34)16(12)20(17)32/h6-7,10,12,14,19,29,31,33-34,37H,8-9H2,1-5H3,(H2,27,36)/b28-10+/t12-,14-,19-,26-/m0/s1. The van der Waals surface area contributed by atoms with Crippen LogP contribution in [0.4, 0.5) is 0 Å². The van der Waals surface area contributed by atoms with Gasteiger partial charge in [-0.25, -0.2) is 0 Å². The normalized spacial score (nSPS) is 27.9. The second-order valence-electron chi connectivity index (χ2n) is 11.1. The maximum atomic E-state index is 13.7. The number of nitrogens with two attached hydrogens (primary N) is 1. The van der Waals surface area contributed by atoms with E-state index in [0.29, 0.717) is 11.1 Å². The molecule has 0 fully saturated rings. The van der Waals surface area contributed by atoms with Gasteiger partial charge in [0.05, 0.1) is 17.8 Å². The monoisotopic (exact) mass is 512 g/mol. The summed E-state index contributed by atoms with van der Waals surface area (Å²) in [5.74, 6) is -6.78. The van der Waals surface area contributed by atoms with Crippen molar-refractivity contribution in [2.45, 2.75) is 50.8 Å². The summed E-state index contributed by atoms with van der Waals surface area (Å²) >= 11 is 0. The zero-order valence-electron chi connectivity index (χ0n) is 21.4. The van der Waals surface area contributed by atoms with Gasteiger partial charge in [-0.1, -0.05) is 0 Å². The molecular weight excluding hydrogens is 480 g/mol. The number of allylic oxidation sites excluding steroid dienone is 1. The number of rotatable bonds is 4. The molecule has 1 amide bonds. The Kier molecular flexibility index (Phi) is 6.20. The van der Waals surface area contributed by atoms with Crippen molar-refractivity contribution in [3.8, 4) is 5.75 Å². The molecule has 0 bridgehead atoms. The Hall–Kier alpha value is -3.70. The maximum Gasteiger partial charge on any atom is 0.255 e. The van der Waals surface area contributed by atoms with Gasteiger partial charge in [0.2, 0.25) is 5.78 Å². The van der Waals surface area contributed by atoms with E-state index in [0.717, 1.165) is 0 Å². The molecule has 4 atom stereocenters. The van der Waals surface area contributed by atoms with Crippen molar-refractivity contribution in [3.05, 3.63) is 51.5 Å². The number of primary amides is 1. The highest BCUT2D eigenvalue weighted by Crippen LogP contribution is 2.52. The third-order valence-corrected chi connectivity index (χ3v) is 7.25. The number of phenolic OH excluding ortho intramolecular Hbond substituents is 1. The molecule has 198 valence electrons. The number of Topliss-reactive ketones (excluding diaryl/α,β-unsaturated/α-hetero) is 2.